The van der Waals surface area contributed by atoms with Gasteiger partial charge in [0.05, 0.1) is 34.9 Å². The minimum atomic E-state index is 0.451. The van der Waals surface area contributed by atoms with Gasteiger partial charge >= 0.3 is 0 Å². The van der Waals surface area contributed by atoms with Crippen molar-refractivity contribution in [1.29, 1.82) is 0 Å². The third kappa shape index (κ3) is 2.90. The lowest BCUT2D eigenvalue weighted by Gasteiger charge is -2.14. The molecule has 0 aliphatic rings. The Morgan fingerprint density at radius 3 is 2.20 bits per heavy atom. The van der Waals surface area contributed by atoms with Crippen LogP contribution in [0.5, 0.6) is 17.2 Å². The van der Waals surface area contributed by atoms with E-state index in [1.165, 1.54) is 4.80 Å². The largest absolute Gasteiger partial charge is 0.493 e. The molecule has 0 saturated heterocycles. The molecule has 0 radical (unpaired) electrons. The maximum atomic E-state index is 5.28. The maximum absolute atomic E-state index is 5.28. The summed E-state index contributed by atoms with van der Waals surface area (Å²) in [6, 6.07) is 3.63. The zero-order valence-corrected chi connectivity index (χ0v) is 11.9. The fraction of sp³-hybridized carbons (Fsp3) is 0.417. The SMILES string of the molecule is COc1cc(NCc2nnn(C)n2)cc(OC)c1OC. The van der Waals surface area contributed by atoms with E-state index < -0.39 is 0 Å². The fourth-order valence-corrected chi connectivity index (χ4v) is 1.76. The van der Waals surface area contributed by atoms with Crippen LogP contribution in [0.2, 0.25) is 0 Å². The second kappa shape index (κ2) is 6.09. The standard InChI is InChI=1S/C12H17N5O3/c1-17-15-11(14-16-17)7-13-8-5-9(18-2)12(20-4)10(6-8)19-3/h5-6,13H,7H2,1-4H3. The summed E-state index contributed by atoms with van der Waals surface area (Å²) in [7, 11) is 6.43. The number of aryl methyl sites for hydroxylation is 1. The molecular weight excluding hydrogens is 262 g/mol. The number of nitrogens with one attached hydrogen (secondary N) is 1. The summed E-state index contributed by atoms with van der Waals surface area (Å²) in [5, 5.41) is 14.9. The van der Waals surface area contributed by atoms with Crippen LogP contribution in [0, 0.1) is 0 Å². The summed E-state index contributed by atoms with van der Waals surface area (Å²) in [5.41, 5.74) is 0.812. The molecule has 0 amide bonds. The lowest BCUT2D eigenvalue weighted by Crippen LogP contribution is -2.03. The molecule has 108 valence electrons. The van der Waals surface area contributed by atoms with Gasteiger partial charge in [0.15, 0.2) is 17.3 Å². The second-order valence-corrected chi connectivity index (χ2v) is 3.96. The number of hydrogen-bond acceptors (Lipinski definition) is 7. The molecule has 0 aliphatic carbocycles. The molecule has 8 nitrogen and oxygen atoms in total. The Kier molecular flexibility index (Phi) is 4.24. The summed E-state index contributed by atoms with van der Waals surface area (Å²) in [4.78, 5) is 1.41. The van der Waals surface area contributed by atoms with Gasteiger partial charge in [-0.25, -0.2) is 0 Å². The zero-order chi connectivity index (χ0) is 14.5. The van der Waals surface area contributed by atoms with Crippen LogP contribution in [-0.2, 0) is 13.6 Å². The Labute approximate surface area is 116 Å². The van der Waals surface area contributed by atoms with Crippen molar-refractivity contribution >= 4 is 5.69 Å². The minimum Gasteiger partial charge on any atom is -0.493 e. The van der Waals surface area contributed by atoms with E-state index in [0.717, 1.165) is 5.69 Å². The van der Waals surface area contributed by atoms with Gasteiger partial charge in [0.1, 0.15) is 0 Å². The summed E-state index contributed by atoms with van der Waals surface area (Å²) in [5.74, 6) is 2.32. The second-order valence-electron chi connectivity index (χ2n) is 3.96. The number of rotatable bonds is 6. The van der Waals surface area contributed by atoms with Gasteiger partial charge in [-0.2, -0.15) is 4.80 Å². The van der Waals surface area contributed by atoms with E-state index in [0.29, 0.717) is 29.6 Å². The molecular formula is C12H17N5O3. The number of aromatic nitrogens is 4. The van der Waals surface area contributed by atoms with Gasteiger partial charge in [-0.15, -0.1) is 10.2 Å². The molecule has 2 rings (SSSR count). The molecule has 0 atom stereocenters. The van der Waals surface area contributed by atoms with Crippen LogP contribution in [-0.4, -0.2) is 41.5 Å². The summed E-state index contributed by atoms with van der Waals surface area (Å²) in [6.07, 6.45) is 0. The number of benzene rings is 1. The Balaban J connectivity index is 2.19. The Hall–Kier alpha value is -2.51. The van der Waals surface area contributed by atoms with Gasteiger partial charge < -0.3 is 19.5 Å². The molecule has 0 bridgehead atoms. The molecule has 20 heavy (non-hydrogen) atoms. The van der Waals surface area contributed by atoms with Crippen LogP contribution in [0.25, 0.3) is 0 Å². The summed E-state index contributed by atoms with van der Waals surface area (Å²) < 4.78 is 15.8. The first-order chi connectivity index (χ1) is 9.67. The van der Waals surface area contributed by atoms with Crippen LogP contribution in [0.3, 0.4) is 0 Å². The molecule has 1 aromatic carbocycles. The Morgan fingerprint density at radius 1 is 1.10 bits per heavy atom. The average Bonchev–Trinajstić information content (AvgIpc) is 2.89. The van der Waals surface area contributed by atoms with E-state index in [-0.39, 0.29) is 0 Å². The van der Waals surface area contributed by atoms with Crippen molar-refractivity contribution in [3.8, 4) is 17.2 Å². The average molecular weight is 279 g/mol. The molecule has 1 aromatic heterocycles. The lowest BCUT2D eigenvalue weighted by molar-refractivity contribution is 0.324. The van der Waals surface area contributed by atoms with Crippen molar-refractivity contribution in [3.05, 3.63) is 18.0 Å². The third-order valence-corrected chi connectivity index (χ3v) is 2.67. The summed E-state index contributed by atoms with van der Waals surface area (Å²) in [6.45, 7) is 0.451. The minimum absolute atomic E-state index is 0.451. The van der Waals surface area contributed by atoms with Gasteiger partial charge in [-0.3, -0.25) is 0 Å². The molecule has 8 heteroatoms. The predicted molar refractivity (Wildman–Crippen MR) is 72.2 cm³/mol. The molecule has 2 aromatic rings. The number of hydrogen-bond donors (Lipinski definition) is 1. The van der Waals surface area contributed by atoms with Crippen molar-refractivity contribution < 1.29 is 14.2 Å². The summed E-state index contributed by atoms with van der Waals surface area (Å²) >= 11 is 0. The molecule has 0 spiro atoms. The molecule has 0 saturated carbocycles. The number of nitrogens with zero attached hydrogens (tertiary/aromatic N) is 4. The predicted octanol–water partition coefficient (Wildman–Crippen LogP) is 0.848. The highest BCUT2D eigenvalue weighted by atomic mass is 16.5. The first-order valence-corrected chi connectivity index (χ1v) is 5.94. The highest BCUT2D eigenvalue weighted by molar-refractivity contribution is 5.62. The highest BCUT2D eigenvalue weighted by Gasteiger charge is 2.13. The van der Waals surface area contributed by atoms with Crippen LogP contribution in [0.4, 0.5) is 5.69 Å². The third-order valence-electron chi connectivity index (χ3n) is 2.67. The monoisotopic (exact) mass is 279 g/mol. The number of ether oxygens (including phenoxy) is 3. The maximum Gasteiger partial charge on any atom is 0.203 e. The van der Waals surface area contributed by atoms with Crippen molar-refractivity contribution in [2.75, 3.05) is 26.6 Å². The van der Waals surface area contributed by atoms with E-state index in [1.54, 1.807) is 28.4 Å². The van der Waals surface area contributed by atoms with Gasteiger partial charge in [0.2, 0.25) is 5.75 Å². The van der Waals surface area contributed by atoms with E-state index in [4.69, 9.17) is 14.2 Å². The van der Waals surface area contributed by atoms with Crippen LogP contribution in [0.15, 0.2) is 12.1 Å². The van der Waals surface area contributed by atoms with Crippen molar-refractivity contribution in [2.24, 2.45) is 7.05 Å². The fourth-order valence-electron chi connectivity index (χ4n) is 1.76. The quantitative estimate of drug-likeness (QED) is 0.839. The van der Waals surface area contributed by atoms with E-state index in [1.807, 2.05) is 12.1 Å². The van der Waals surface area contributed by atoms with Gasteiger partial charge in [0, 0.05) is 17.8 Å². The zero-order valence-electron chi connectivity index (χ0n) is 11.9. The molecule has 1 N–H and O–H groups in total. The smallest absolute Gasteiger partial charge is 0.203 e. The normalized spacial score (nSPS) is 10.2. The topological polar surface area (TPSA) is 83.3 Å². The van der Waals surface area contributed by atoms with E-state index in [9.17, 15) is 0 Å². The van der Waals surface area contributed by atoms with Crippen LogP contribution >= 0.6 is 0 Å². The van der Waals surface area contributed by atoms with Crippen LogP contribution in [0.1, 0.15) is 5.82 Å². The number of tetrazole rings is 1. The van der Waals surface area contributed by atoms with Gasteiger partial charge in [-0.05, 0) is 5.21 Å². The van der Waals surface area contributed by atoms with E-state index in [2.05, 4.69) is 20.7 Å². The molecule has 0 aliphatic heterocycles. The Bertz CT molecular complexity index is 559. The van der Waals surface area contributed by atoms with Crippen molar-refractivity contribution in [3.63, 3.8) is 0 Å². The van der Waals surface area contributed by atoms with Crippen molar-refractivity contribution in [1.82, 2.24) is 20.2 Å². The highest BCUT2D eigenvalue weighted by Crippen LogP contribution is 2.39. The number of methoxy groups -OCH3 is 3. The first kappa shape index (κ1) is 13.9. The molecule has 0 fully saturated rings. The first-order valence-electron chi connectivity index (χ1n) is 5.94. The van der Waals surface area contributed by atoms with Crippen LogP contribution < -0.4 is 19.5 Å². The van der Waals surface area contributed by atoms with Gasteiger partial charge in [-0.1, -0.05) is 0 Å². The lowest BCUT2D eigenvalue weighted by atomic mass is 10.2. The van der Waals surface area contributed by atoms with E-state index >= 15 is 0 Å². The van der Waals surface area contributed by atoms with Gasteiger partial charge in [0.25, 0.3) is 0 Å². The van der Waals surface area contributed by atoms with Crippen molar-refractivity contribution in [2.45, 2.75) is 6.54 Å². The number of anilines is 1. The molecule has 1 heterocycles. The Morgan fingerprint density at radius 2 is 1.75 bits per heavy atom. The molecule has 0 unspecified atom stereocenters.